The maximum Gasteiger partial charge on any atom is 0.0350 e. The van der Waals surface area contributed by atoms with E-state index in [4.69, 9.17) is 0 Å². The second-order valence-corrected chi connectivity index (χ2v) is 4.79. The van der Waals surface area contributed by atoms with E-state index in [1.807, 2.05) is 0 Å². The van der Waals surface area contributed by atoms with Gasteiger partial charge in [-0.2, -0.15) is 0 Å². The summed E-state index contributed by atoms with van der Waals surface area (Å²) in [5.41, 5.74) is 0. The molecule has 0 bridgehead atoms. The van der Waals surface area contributed by atoms with Gasteiger partial charge in [0.2, 0.25) is 0 Å². The molecule has 0 aromatic rings. The summed E-state index contributed by atoms with van der Waals surface area (Å²) in [7, 11) is 2.22. The van der Waals surface area contributed by atoms with Crippen LogP contribution in [0, 0.1) is 5.92 Å². The number of hydrogen-bond donors (Lipinski definition) is 0. The van der Waals surface area contributed by atoms with E-state index in [2.05, 4.69) is 23.8 Å². The quantitative estimate of drug-likeness (QED) is 0.637. The van der Waals surface area contributed by atoms with Gasteiger partial charge in [0.05, 0.1) is 0 Å². The highest BCUT2D eigenvalue weighted by Crippen LogP contribution is 2.23. The Hall–Kier alpha value is -0.0800. The number of hydrogen-bond acceptors (Lipinski definition) is 2. The third kappa shape index (κ3) is 2.05. The summed E-state index contributed by atoms with van der Waals surface area (Å²) in [5.74, 6) is 0.986. The lowest BCUT2D eigenvalue weighted by Gasteiger charge is -2.46. The van der Waals surface area contributed by atoms with E-state index in [9.17, 15) is 0 Å². The van der Waals surface area contributed by atoms with Gasteiger partial charge in [-0.15, -0.1) is 0 Å². The molecule has 0 aromatic heterocycles. The molecule has 2 rings (SSSR count). The van der Waals surface area contributed by atoms with Gasteiger partial charge in [0.1, 0.15) is 0 Å². The van der Waals surface area contributed by atoms with E-state index >= 15 is 0 Å². The molecule has 2 saturated heterocycles. The van der Waals surface area contributed by atoms with Crippen LogP contribution < -0.4 is 0 Å². The Bertz CT molecular complexity index is 163. The van der Waals surface area contributed by atoms with Crippen LogP contribution in [0.15, 0.2) is 0 Å². The third-order valence-electron chi connectivity index (χ3n) is 3.69. The summed E-state index contributed by atoms with van der Waals surface area (Å²) in [6, 6.07) is 0.888. The van der Waals surface area contributed by atoms with Gasteiger partial charge in [-0.3, -0.25) is 4.90 Å². The van der Waals surface area contributed by atoms with Crippen molar-refractivity contribution in [1.29, 1.82) is 0 Å². The summed E-state index contributed by atoms with van der Waals surface area (Å²) in [4.78, 5) is 5.14. The van der Waals surface area contributed by atoms with Crippen molar-refractivity contribution in [3.63, 3.8) is 0 Å². The predicted octanol–water partition coefficient (Wildman–Crippen LogP) is 1.42. The highest BCUT2D eigenvalue weighted by atomic mass is 15.3. The summed E-state index contributed by atoms with van der Waals surface area (Å²) in [6.07, 6.45) is 4.27. The Morgan fingerprint density at radius 3 is 2.62 bits per heavy atom. The van der Waals surface area contributed by atoms with Gasteiger partial charge in [0.25, 0.3) is 0 Å². The van der Waals surface area contributed by atoms with Gasteiger partial charge in [0, 0.05) is 25.7 Å². The molecule has 2 heterocycles. The maximum atomic E-state index is 2.72. The van der Waals surface area contributed by atoms with E-state index in [0.29, 0.717) is 0 Å². The topological polar surface area (TPSA) is 6.48 Å². The van der Waals surface area contributed by atoms with E-state index in [-0.39, 0.29) is 0 Å². The fraction of sp³-hybridized carbons (Fsp3) is 1.00. The van der Waals surface area contributed by atoms with Crippen LogP contribution in [-0.4, -0.2) is 49.1 Å². The lowest BCUT2D eigenvalue weighted by atomic mass is 9.93. The van der Waals surface area contributed by atoms with Gasteiger partial charge >= 0.3 is 0 Å². The van der Waals surface area contributed by atoms with Crippen molar-refractivity contribution in [2.75, 3.05) is 33.2 Å². The first-order valence-corrected chi connectivity index (χ1v) is 5.72. The van der Waals surface area contributed by atoms with Crippen LogP contribution in [0.5, 0.6) is 0 Å². The molecule has 2 nitrogen and oxygen atoms in total. The molecular weight excluding hydrogens is 160 g/mol. The lowest BCUT2D eigenvalue weighted by Crippen LogP contribution is -2.59. The largest absolute Gasteiger partial charge is 0.303 e. The Balaban J connectivity index is 1.79. The van der Waals surface area contributed by atoms with Crippen LogP contribution in [0.25, 0.3) is 0 Å². The number of nitrogens with zero attached hydrogens (tertiary/aromatic N) is 2. The molecule has 0 amide bonds. The second kappa shape index (κ2) is 3.97. The van der Waals surface area contributed by atoms with Crippen LogP contribution in [0.1, 0.15) is 26.2 Å². The molecule has 0 N–H and O–H groups in total. The van der Waals surface area contributed by atoms with Crippen molar-refractivity contribution >= 4 is 0 Å². The molecule has 0 spiro atoms. The fourth-order valence-electron chi connectivity index (χ4n) is 2.66. The third-order valence-corrected chi connectivity index (χ3v) is 3.69. The minimum Gasteiger partial charge on any atom is -0.303 e. The van der Waals surface area contributed by atoms with Gasteiger partial charge in [-0.25, -0.2) is 0 Å². The number of likely N-dealkylation sites (N-methyl/N-ethyl adjacent to an activating group) is 1. The molecule has 2 fully saturated rings. The van der Waals surface area contributed by atoms with Gasteiger partial charge in [-0.05, 0) is 32.4 Å². The first-order valence-electron chi connectivity index (χ1n) is 5.72. The highest BCUT2D eigenvalue weighted by molar-refractivity contribution is 4.88. The average molecular weight is 182 g/mol. The molecule has 0 aliphatic carbocycles. The van der Waals surface area contributed by atoms with E-state index in [1.165, 1.54) is 45.4 Å². The van der Waals surface area contributed by atoms with Crippen LogP contribution >= 0.6 is 0 Å². The van der Waals surface area contributed by atoms with Crippen molar-refractivity contribution in [3.05, 3.63) is 0 Å². The molecule has 76 valence electrons. The summed E-state index contributed by atoms with van der Waals surface area (Å²) >= 11 is 0. The smallest absolute Gasteiger partial charge is 0.0350 e. The highest BCUT2D eigenvalue weighted by Gasteiger charge is 2.31. The van der Waals surface area contributed by atoms with Crippen LogP contribution in [0.4, 0.5) is 0 Å². The first-order chi connectivity index (χ1) is 6.29. The van der Waals surface area contributed by atoms with E-state index < -0.39 is 0 Å². The van der Waals surface area contributed by atoms with Crippen molar-refractivity contribution in [3.8, 4) is 0 Å². The Morgan fingerprint density at radius 2 is 2.00 bits per heavy atom. The molecule has 1 atom stereocenters. The summed E-state index contributed by atoms with van der Waals surface area (Å²) < 4.78 is 0. The maximum absolute atomic E-state index is 2.72. The lowest BCUT2D eigenvalue weighted by molar-refractivity contribution is 0.0237. The standard InChI is InChI=1S/C11H22N2/c1-3-10-5-4-6-13(7-10)11-8-12(2)9-11/h10-11H,3-9H2,1-2H3. The Morgan fingerprint density at radius 1 is 1.23 bits per heavy atom. The predicted molar refractivity (Wildman–Crippen MR) is 55.9 cm³/mol. The van der Waals surface area contributed by atoms with Gasteiger partial charge < -0.3 is 4.90 Å². The van der Waals surface area contributed by atoms with Gasteiger partial charge in [0.15, 0.2) is 0 Å². The summed E-state index contributed by atoms with van der Waals surface area (Å²) in [6.45, 7) is 7.66. The number of piperidine rings is 1. The minimum absolute atomic E-state index is 0.888. The molecule has 13 heavy (non-hydrogen) atoms. The van der Waals surface area contributed by atoms with Crippen LogP contribution in [-0.2, 0) is 0 Å². The van der Waals surface area contributed by atoms with Crippen LogP contribution in [0.3, 0.4) is 0 Å². The first kappa shape index (κ1) is 9.47. The van der Waals surface area contributed by atoms with Crippen molar-refractivity contribution in [1.82, 2.24) is 9.80 Å². The fourth-order valence-corrected chi connectivity index (χ4v) is 2.66. The van der Waals surface area contributed by atoms with Crippen molar-refractivity contribution in [2.24, 2.45) is 5.92 Å². The number of rotatable bonds is 2. The monoisotopic (exact) mass is 182 g/mol. The molecule has 0 saturated carbocycles. The Labute approximate surface area is 81.9 Å². The van der Waals surface area contributed by atoms with E-state index in [0.717, 1.165) is 12.0 Å². The number of likely N-dealkylation sites (tertiary alicyclic amines) is 2. The Kier molecular flexibility index (Phi) is 2.89. The molecule has 0 radical (unpaired) electrons. The zero-order valence-electron chi connectivity index (χ0n) is 9.00. The summed E-state index contributed by atoms with van der Waals surface area (Å²) in [5, 5.41) is 0. The van der Waals surface area contributed by atoms with Crippen molar-refractivity contribution < 1.29 is 0 Å². The average Bonchev–Trinajstić information content (AvgIpc) is 2.13. The molecule has 1 unspecified atom stereocenters. The zero-order chi connectivity index (χ0) is 9.26. The normalized spacial score (nSPS) is 33.2. The molecule has 0 aromatic carbocycles. The van der Waals surface area contributed by atoms with Crippen LogP contribution in [0.2, 0.25) is 0 Å². The SMILES string of the molecule is CCC1CCCN(C2CN(C)C2)C1. The van der Waals surface area contributed by atoms with Gasteiger partial charge in [-0.1, -0.05) is 13.3 Å². The van der Waals surface area contributed by atoms with Crippen molar-refractivity contribution in [2.45, 2.75) is 32.2 Å². The van der Waals surface area contributed by atoms with E-state index in [1.54, 1.807) is 0 Å². The second-order valence-electron chi connectivity index (χ2n) is 4.79. The zero-order valence-corrected chi connectivity index (χ0v) is 9.00. The molecule has 2 aliphatic rings. The molecular formula is C11H22N2. The minimum atomic E-state index is 0.888. The molecule has 2 heteroatoms. The molecule has 2 aliphatic heterocycles.